The van der Waals surface area contributed by atoms with Gasteiger partial charge in [-0.3, -0.25) is 9.88 Å². The minimum atomic E-state index is 0.404. The standard InChI is InChI=1S/C20H27N3O/c1-17-6-7-19(14-20(17)24)16-23-12-10-22(11-13-23)9-3-5-18-4-2-8-21-15-18/h2,4,6-8,14-15,24H,3,5,9-13,16H2,1H3. The molecule has 2 heterocycles. The van der Waals surface area contributed by atoms with Gasteiger partial charge >= 0.3 is 0 Å². The summed E-state index contributed by atoms with van der Waals surface area (Å²) in [6.07, 6.45) is 6.10. The van der Waals surface area contributed by atoms with Gasteiger partial charge in [-0.25, -0.2) is 0 Å². The maximum atomic E-state index is 9.83. The third-order valence-electron chi connectivity index (χ3n) is 4.81. The molecule has 0 unspecified atom stereocenters. The lowest BCUT2D eigenvalue weighted by molar-refractivity contribution is 0.126. The van der Waals surface area contributed by atoms with Crippen molar-refractivity contribution in [2.45, 2.75) is 26.3 Å². The normalized spacial score (nSPS) is 16.4. The Balaban J connectivity index is 1.38. The maximum absolute atomic E-state index is 9.83. The quantitative estimate of drug-likeness (QED) is 0.886. The van der Waals surface area contributed by atoms with E-state index in [0.29, 0.717) is 5.75 Å². The number of aryl methyl sites for hydroxylation is 2. The highest BCUT2D eigenvalue weighted by atomic mass is 16.3. The van der Waals surface area contributed by atoms with Crippen LogP contribution in [0.3, 0.4) is 0 Å². The van der Waals surface area contributed by atoms with Crippen molar-refractivity contribution in [1.82, 2.24) is 14.8 Å². The lowest BCUT2D eigenvalue weighted by Gasteiger charge is -2.34. The Hall–Kier alpha value is -1.91. The van der Waals surface area contributed by atoms with Crippen LogP contribution in [0.5, 0.6) is 5.75 Å². The third-order valence-corrected chi connectivity index (χ3v) is 4.81. The molecule has 1 aliphatic rings. The van der Waals surface area contributed by atoms with Gasteiger partial charge in [-0.1, -0.05) is 18.2 Å². The van der Waals surface area contributed by atoms with Gasteiger partial charge < -0.3 is 10.0 Å². The molecule has 1 fully saturated rings. The Kier molecular flexibility index (Phi) is 5.83. The summed E-state index contributed by atoms with van der Waals surface area (Å²) in [5, 5.41) is 9.83. The highest BCUT2D eigenvalue weighted by molar-refractivity contribution is 5.35. The monoisotopic (exact) mass is 325 g/mol. The molecule has 0 spiro atoms. The van der Waals surface area contributed by atoms with Crippen molar-refractivity contribution in [1.29, 1.82) is 0 Å². The third kappa shape index (κ3) is 4.79. The summed E-state index contributed by atoms with van der Waals surface area (Å²) in [6, 6.07) is 10.2. The zero-order valence-corrected chi connectivity index (χ0v) is 14.5. The molecule has 24 heavy (non-hydrogen) atoms. The predicted molar refractivity (Wildman–Crippen MR) is 97.1 cm³/mol. The first-order chi connectivity index (χ1) is 11.7. The van der Waals surface area contributed by atoms with Crippen LogP contribution in [-0.4, -0.2) is 52.6 Å². The number of benzene rings is 1. The smallest absolute Gasteiger partial charge is 0.118 e. The predicted octanol–water partition coefficient (Wildman–Crippen LogP) is 2.85. The second kappa shape index (κ2) is 8.27. The average Bonchev–Trinajstić information content (AvgIpc) is 2.61. The van der Waals surface area contributed by atoms with Crippen LogP contribution in [-0.2, 0) is 13.0 Å². The van der Waals surface area contributed by atoms with E-state index >= 15 is 0 Å². The summed E-state index contributed by atoms with van der Waals surface area (Å²) >= 11 is 0. The molecule has 0 amide bonds. The van der Waals surface area contributed by atoms with Gasteiger partial charge in [0.15, 0.2) is 0 Å². The van der Waals surface area contributed by atoms with Crippen LogP contribution in [0.2, 0.25) is 0 Å². The fourth-order valence-electron chi connectivity index (χ4n) is 3.24. The number of phenols is 1. The topological polar surface area (TPSA) is 39.6 Å². The summed E-state index contributed by atoms with van der Waals surface area (Å²) in [7, 11) is 0. The second-order valence-corrected chi connectivity index (χ2v) is 6.70. The average molecular weight is 325 g/mol. The summed E-state index contributed by atoms with van der Waals surface area (Å²) < 4.78 is 0. The SMILES string of the molecule is Cc1ccc(CN2CCN(CCCc3cccnc3)CC2)cc1O. The molecular formula is C20H27N3O. The first kappa shape index (κ1) is 16.9. The van der Waals surface area contributed by atoms with Crippen molar-refractivity contribution in [2.24, 2.45) is 0 Å². The molecule has 128 valence electrons. The first-order valence-corrected chi connectivity index (χ1v) is 8.83. The Morgan fingerprint density at radius 3 is 2.54 bits per heavy atom. The van der Waals surface area contributed by atoms with Gasteiger partial charge in [0.25, 0.3) is 0 Å². The highest BCUT2D eigenvalue weighted by Gasteiger charge is 2.16. The number of aromatic hydroxyl groups is 1. The molecule has 0 bridgehead atoms. The summed E-state index contributed by atoms with van der Waals surface area (Å²) in [4.78, 5) is 9.20. The van der Waals surface area contributed by atoms with Crippen LogP contribution >= 0.6 is 0 Å². The van der Waals surface area contributed by atoms with Crippen molar-refractivity contribution in [2.75, 3.05) is 32.7 Å². The van der Waals surface area contributed by atoms with Crippen LogP contribution in [0.1, 0.15) is 23.1 Å². The van der Waals surface area contributed by atoms with Crippen molar-refractivity contribution < 1.29 is 5.11 Å². The maximum Gasteiger partial charge on any atom is 0.118 e. The van der Waals surface area contributed by atoms with Gasteiger partial charge in [-0.2, -0.15) is 0 Å². The van der Waals surface area contributed by atoms with E-state index in [1.165, 1.54) is 17.5 Å². The molecule has 4 heteroatoms. The van der Waals surface area contributed by atoms with E-state index in [0.717, 1.165) is 51.3 Å². The molecule has 1 N–H and O–H groups in total. The van der Waals surface area contributed by atoms with E-state index in [1.807, 2.05) is 37.5 Å². The van der Waals surface area contributed by atoms with E-state index in [1.54, 1.807) is 0 Å². The van der Waals surface area contributed by atoms with Gasteiger partial charge in [-0.05, 0) is 55.1 Å². The van der Waals surface area contributed by atoms with E-state index in [9.17, 15) is 5.11 Å². The van der Waals surface area contributed by atoms with E-state index in [2.05, 4.69) is 26.9 Å². The van der Waals surface area contributed by atoms with Crippen LogP contribution in [0.4, 0.5) is 0 Å². The number of piperazine rings is 1. The van der Waals surface area contributed by atoms with Crippen LogP contribution in [0, 0.1) is 6.92 Å². The molecule has 2 aromatic rings. The van der Waals surface area contributed by atoms with Gasteiger partial charge in [0.1, 0.15) is 5.75 Å². The number of rotatable bonds is 6. The largest absolute Gasteiger partial charge is 0.508 e. The molecule has 3 rings (SSSR count). The minimum Gasteiger partial charge on any atom is -0.508 e. The van der Waals surface area contributed by atoms with Crippen LogP contribution < -0.4 is 0 Å². The Labute approximate surface area is 144 Å². The lowest BCUT2D eigenvalue weighted by Crippen LogP contribution is -2.46. The van der Waals surface area contributed by atoms with Gasteiger partial charge in [0, 0.05) is 45.1 Å². The fourth-order valence-corrected chi connectivity index (χ4v) is 3.24. The minimum absolute atomic E-state index is 0.404. The Morgan fingerprint density at radius 1 is 1.04 bits per heavy atom. The summed E-state index contributed by atoms with van der Waals surface area (Å²) in [6.45, 7) is 8.48. The Bertz CT molecular complexity index is 637. The zero-order valence-electron chi connectivity index (χ0n) is 14.5. The van der Waals surface area contributed by atoms with Crippen molar-refractivity contribution >= 4 is 0 Å². The molecular weight excluding hydrogens is 298 g/mol. The molecule has 1 aliphatic heterocycles. The van der Waals surface area contributed by atoms with Gasteiger partial charge in [-0.15, -0.1) is 0 Å². The zero-order chi connectivity index (χ0) is 16.8. The number of pyridine rings is 1. The summed E-state index contributed by atoms with van der Waals surface area (Å²) in [5.74, 6) is 0.404. The van der Waals surface area contributed by atoms with Crippen molar-refractivity contribution in [3.8, 4) is 5.75 Å². The van der Waals surface area contributed by atoms with Crippen LogP contribution in [0.25, 0.3) is 0 Å². The van der Waals surface area contributed by atoms with Crippen molar-refractivity contribution in [3.63, 3.8) is 0 Å². The first-order valence-electron chi connectivity index (χ1n) is 8.83. The molecule has 0 atom stereocenters. The molecule has 1 saturated heterocycles. The summed E-state index contributed by atoms with van der Waals surface area (Å²) in [5.41, 5.74) is 3.47. The molecule has 1 aromatic heterocycles. The number of aromatic nitrogens is 1. The highest BCUT2D eigenvalue weighted by Crippen LogP contribution is 2.19. The van der Waals surface area contributed by atoms with E-state index in [-0.39, 0.29) is 0 Å². The van der Waals surface area contributed by atoms with Crippen LogP contribution in [0.15, 0.2) is 42.7 Å². The van der Waals surface area contributed by atoms with E-state index < -0.39 is 0 Å². The van der Waals surface area contributed by atoms with Crippen molar-refractivity contribution in [3.05, 3.63) is 59.4 Å². The number of phenolic OH excluding ortho intramolecular Hbond substituents is 1. The fraction of sp³-hybridized carbons (Fsp3) is 0.450. The number of hydrogen-bond donors (Lipinski definition) is 1. The lowest BCUT2D eigenvalue weighted by atomic mass is 10.1. The molecule has 0 aliphatic carbocycles. The molecule has 0 saturated carbocycles. The van der Waals surface area contributed by atoms with Gasteiger partial charge in [0.2, 0.25) is 0 Å². The second-order valence-electron chi connectivity index (χ2n) is 6.70. The number of hydrogen-bond acceptors (Lipinski definition) is 4. The van der Waals surface area contributed by atoms with E-state index in [4.69, 9.17) is 0 Å². The Morgan fingerprint density at radius 2 is 1.83 bits per heavy atom. The molecule has 1 aromatic carbocycles. The van der Waals surface area contributed by atoms with Gasteiger partial charge in [0.05, 0.1) is 0 Å². The molecule has 4 nitrogen and oxygen atoms in total. The molecule has 0 radical (unpaired) electrons. The number of nitrogens with zero attached hydrogens (tertiary/aromatic N) is 3.